The molecule has 0 aliphatic carbocycles. The van der Waals surface area contributed by atoms with Crippen LogP contribution in [-0.2, 0) is 4.79 Å². The summed E-state index contributed by atoms with van der Waals surface area (Å²) in [6, 6.07) is 17.1. The van der Waals surface area contributed by atoms with Gasteiger partial charge in [0.25, 0.3) is 5.91 Å². The molecule has 0 bridgehead atoms. The number of aromatic nitrogens is 1. The standard InChI is InChI=1S/C25H23ClN4O3/c1-18-6-2-5-9-22(18)32-17-24(31)29-12-14-30(15-13-29)25-21(16-27)28-23(33-25)11-10-19-7-3-4-8-20(19)26/h2-11H,12-15,17H2,1H3. The first kappa shape index (κ1) is 22.4. The van der Waals surface area contributed by atoms with E-state index in [1.807, 2.05) is 54.3 Å². The number of rotatable bonds is 6. The predicted molar refractivity (Wildman–Crippen MR) is 127 cm³/mol. The lowest BCUT2D eigenvalue weighted by molar-refractivity contribution is -0.133. The maximum absolute atomic E-state index is 12.6. The molecule has 1 amide bonds. The molecule has 2 heterocycles. The molecular weight excluding hydrogens is 440 g/mol. The highest BCUT2D eigenvalue weighted by Gasteiger charge is 2.26. The Morgan fingerprint density at radius 2 is 1.88 bits per heavy atom. The highest BCUT2D eigenvalue weighted by Crippen LogP contribution is 2.25. The number of hydrogen-bond donors (Lipinski definition) is 0. The van der Waals surface area contributed by atoms with Crippen molar-refractivity contribution in [3.05, 3.63) is 76.3 Å². The summed E-state index contributed by atoms with van der Waals surface area (Å²) >= 11 is 6.18. The molecule has 1 aromatic heterocycles. The van der Waals surface area contributed by atoms with Crippen LogP contribution in [0.15, 0.2) is 52.9 Å². The summed E-state index contributed by atoms with van der Waals surface area (Å²) in [5.41, 5.74) is 2.04. The van der Waals surface area contributed by atoms with Gasteiger partial charge in [0.1, 0.15) is 11.8 Å². The first-order valence-electron chi connectivity index (χ1n) is 10.6. The van der Waals surface area contributed by atoms with Crippen LogP contribution in [0.2, 0.25) is 5.02 Å². The van der Waals surface area contributed by atoms with Gasteiger partial charge in [-0.25, -0.2) is 0 Å². The molecule has 4 rings (SSSR count). The van der Waals surface area contributed by atoms with Gasteiger partial charge < -0.3 is 19.0 Å². The van der Waals surface area contributed by atoms with Crippen molar-refractivity contribution in [3.8, 4) is 11.8 Å². The number of carbonyl (C=O) groups is 1. The molecule has 168 valence electrons. The number of oxazole rings is 1. The van der Waals surface area contributed by atoms with Crippen molar-refractivity contribution >= 4 is 35.5 Å². The fraction of sp³-hybridized carbons (Fsp3) is 0.240. The number of piperazine rings is 1. The number of anilines is 1. The van der Waals surface area contributed by atoms with Gasteiger partial charge in [-0.1, -0.05) is 48.0 Å². The highest BCUT2D eigenvalue weighted by atomic mass is 35.5. The van der Waals surface area contributed by atoms with Crippen molar-refractivity contribution in [1.29, 1.82) is 5.26 Å². The molecular formula is C25H23ClN4O3. The number of amides is 1. The maximum Gasteiger partial charge on any atom is 0.260 e. The van der Waals surface area contributed by atoms with Crippen molar-refractivity contribution in [1.82, 2.24) is 9.88 Å². The highest BCUT2D eigenvalue weighted by molar-refractivity contribution is 6.32. The number of aryl methyl sites for hydroxylation is 1. The SMILES string of the molecule is Cc1ccccc1OCC(=O)N1CCN(c2oc(C=Cc3ccccc3Cl)nc2C#N)CC1. The summed E-state index contributed by atoms with van der Waals surface area (Å²) in [5, 5.41) is 10.1. The number of hydrogen-bond acceptors (Lipinski definition) is 6. The second kappa shape index (κ2) is 10.2. The van der Waals surface area contributed by atoms with Gasteiger partial charge in [-0.05, 0) is 36.3 Å². The van der Waals surface area contributed by atoms with E-state index in [9.17, 15) is 10.1 Å². The van der Waals surface area contributed by atoms with Gasteiger partial charge in [-0.3, -0.25) is 4.79 Å². The Morgan fingerprint density at radius 3 is 2.61 bits per heavy atom. The predicted octanol–water partition coefficient (Wildman–Crippen LogP) is 4.41. The van der Waals surface area contributed by atoms with Gasteiger partial charge >= 0.3 is 0 Å². The average Bonchev–Trinajstić information content (AvgIpc) is 3.26. The van der Waals surface area contributed by atoms with Crippen LogP contribution < -0.4 is 9.64 Å². The van der Waals surface area contributed by atoms with Crippen molar-refractivity contribution in [3.63, 3.8) is 0 Å². The van der Waals surface area contributed by atoms with Crippen LogP contribution in [0.1, 0.15) is 22.7 Å². The lowest BCUT2D eigenvalue weighted by Gasteiger charge is -2.34. The zero-order chi connectivity index (χ0) is 23.2. The van der Waals surface area contributed by atoms with Crippen molar-refractivity contribution in [2.75, 3.05) is 37.7 Å². The first-order chi connectivity index (χ1) is 16.0. The molecule has 0 N–H and O–H groups in total. The van der Waals surface area contributed by atoms with E-state index in [0.717, 1.165) is 11.1 Å². The molecule has 3 aromatic rings. The van der Waals surface area contributed by atoms with E-state index in [1.54, 1.807) is 23.1 Å². The average molecular weight is 463 g/mol. The smallest absolute Gasteiger partial charge is 0.260 e. The number of halogens is 1. The van der Waals surface area contributed by atoms with Crippen molar-refractivity contribution < 1.29 is 13.9 Å². The molecule has 0 radical (unpaired) electrons. The van der Waals surface area contributed by atoms with Gasteiger partial charge in [0.15, 0.2) is 6.61 Å². The van der Waals surface area contributed by atoms with Crippen LogP contribution in [0.5, 0.6) is 5.75 Å². The zero-order valence-electron chi connectivity index (χ0n) is 18.2. The third-order valence-electron chi connectivity index (χ3n) is 5.41. The molecule has 1 aliphatic heterocycles. The maximum atomic E-state index is 12.6. The molecule has 1 aliphatic rings. The van der Waals surface area contributed by atoms with E-state index in [-0.39, 0.29) is 18.2 Å². The van der Waals surface area contributed by atoms with Crippen molar-refractivity contribution in [2.24, 2.45) is 0 Å². The van der Waals surface area contributed by atoms with E-state index in [0.29, 0.717) is 48.7 Å². The van der Waals surface area contributed by atoms with Crippen LogP contribution in [0.3, 0.4) is 0 Å². The number of ether oxygens (including phenoxy) is 1. The minimum atomic E-state index is -0.0701. The van der Waals surface area contributed by atoms with Crippen LogP contribution in [-0.4, -0.2) is 48.6 Å². The summed E-state index contributed by atoms with van der Waals surface area (Å²) in [7, 11) is 0. The molecule has 7 nitrogen and oxygen atoms in total. The Balaban J connectivity index is 1.36. The van der Waals surface area contributed by atoms with Gasteiger partial charge in [-0.2, -0.15) is 10.2 Å². The summed E-state index contributed by atoms with van der Waals surface area (Å²) < 4.78 is 11.5. The van der Waals surface area contributed by atoms with Gasteiger partial charge in [0.05, 0.1) is 0 Å². The second-order valence-corrected chi connectivity index (χ2v) is 8.00. The van der Waals surface area contributed by atoms with E-state index in [2.05, 4.69) is 11.1 Å². The Morgan fingerprint density at radius 1 is 1.15 bits per heavy atom. The van der Waals surface area contributed by atoms with Crippen LogP contribution >= 0.6 is 11.6 Å². The molecule has 33 heavy (non-hydrogen) atoms. The molecule has 0 unspecified atom stereocenters. The Labute approximate surface area is 197 Å². The number of carbonyl (C=O) groups excluding carboxylic acids is 1. The summed E-state index contributed by atoms with van der Waals surface area (Å²) in [6.07, 6.45) is 3.48. The second-order valence-electron chi connectivity index (χ2n) is 7.59. The van der Waals surface area contributed by atoms with Crippen LogP contribution in [0.4, 0.5) is 5.88 Å². The summed E-state index contributed by atoms with van der Waals surface area (Å²) in [6.45, 7) is 4.02. The number of nitrogens with zero attached hydrogens (tertiary/aromatic N) is 4. The van der Waals surface area contributed by atoms with Gasteiger partial charge in [0.2, 0.25) is 17.5 Å². The Hall–Kier alpha value is -3.76. The summed E-state index contributed by atoms with van der Waals surface area (Å²) in [4.78, 5) is 20.5. The largest absolute Gasteiger partial charge is 0.484 e. The van der Waals surface area contributed by atoms with Crippen LogP contribution in [0.25, 0.3) is 12.2 Å². The van der Waals surface area contributed by atoms with Crippen LogP contribution in [0, 0.1) is 18.3 Å². The first-order valence-corrected chi connectivity index (χ1v) is 11.0. The monoisotopic (exact) mass is 462 g/mol. The third kappa shape index (κ3) is 5.36. The van der Waals surface area contributed by atoms with Gasteiger partial charge in [-0.15, -0.1) is 0 Å². The molecule has 0 spiro atoms. The molecule has 2 aromatic carbocycles. The fourth-order valence-electron chi connectivity index (χ4n) is 3.57. The number of nitriles is 1. The van der Waals surface area contributed by atoms with Gasteiger partial charge in [0, 0.05) is 37.3 Å². The van der Waals surface area contributed by atoms with Crippen molar-refractivity contribution in [2.45, 2.75) is 6.92 Å². The third-order valence-corrected chi connectivity index (χ3v) is 5.75. The topological polar surface area (TPSA) is 82.6 Å². The number of benzene rings is 2. The fourth-order valence-corrected chi connectivity index (χ4v) is 3.76. The van der Waals surface area contributed by atoms with E-state index in [1.165, 1.54) is 0 Å². The lowest BCUT2D eigenvalue weighted by atomic mass is 10.2. The summed E-state index contributed by atoms with van der Waals surface area (Å²) in [5.74, 6) is 1.38. The molecule has 1 fully saturated rings. The quantitative estimate of drug-likeness (QED) is 0.539. The Bertz CT molecular complexity index is 1210. The van der Waals surface area contributed by atoms with E-state index in [4.69, 9.17) is 20.8 Å². The number of para-hydroxylation sites is 1. The molecule has 1 saturated heterocycles. The normalized spacial score (nSPS) is 13.8. The van der Waals surface area contributed by atoms with E-state index < -0.39 is 0 Å². The lowest BCUT2D eigenvalue weighted by Crippen LogP contribution is -2.50. The molecule has 8 heteroatoms. The molecule has 0 saturated carbocycles. The minimum Gasteiger partial charge on any atom is -0.484 e. The minimum absolute atomic E-state index is 0.00635. The van der Waals surface area contributed by atoms with E-state index >= 15 is 0 Å². The Kier molecular flexibility index (Phi) is 6.96. The molecule has 0 atom stereocenters. The zero-order valence-corrected chi connectivity index (χ0v) is 19.0.